The molecule has 0 unspecified atom stereocenters. The van der Waals surface area contributed by atoms with Gasteiger partial charge >= 0.3 is 0 Å². The van der Waals surface area contributed by atoms with E-state index in [1.807, 2.05) is 35.2 Å². The Balaban J connectivity index is 1.41. The van der Waals surface area contributed by atoms with Gasteiger partial charge in [-0.2, -0.15) is 0 Å². The summed E-state index contributed by atoms with van der Waals surface area (Å²) in [4.78, 5) is 29.8. The fourth-order valence-corrected chi connectivity index (χ4v) is 5.17. The highest BCUT2D eigenvalue weighted by molar-refractivity contribution is 5.94. The first-order chi connectivity index (χ1) is 12.7. The van der Waals surface area contributed by atoms with E-state index in [0.29, 0.717) is 30.2 Å². The van der Waals surface area contributed by atoms with Crippen LogP contribution in [0.5, 0.6) is 0 Å². The summed E-state index contributed by atoms with van der Waals surface area (Å²) in [6, 6.07) is 10.1. The lowest BCUT2D eigenvalue weighted by Crippen LogP contribution is -2.43. The van der Waals surface area contributed by atoms with Gasteiger partial charge in [-0.1, -0.05) is 37.5 Å². The highest BCUT2D eigenvalue weighted by Gasteiger charge is 2.38. The van der Waals surface area contributed by atoms with Gasteiger partial charge in [0.15, 0.2) is 0 Å². The predicted molar refractivity (Wildman–Crippen MR) is 102 cm³/mol. The molecule has 2 amide bonds. The van der Waals surface area contributed by atoms with Gasteiger partial charge in [0.25, 0.3) is 5.91 Å². The minimum Gasteiger partial charge on any atom is -0.340 e. The summed E-state index contributed by atoms with van der Waals surface area (Å²) in [5.41, 5.74) is 0.777. The number of nitrogens with zero attached hydrogens (tertiary/aromatic N) is 2. The number of rotatable bonds is 2. The highest BCUT2D eigenvalue weighted by atomic mass is 16.2. The molecule has 4 heteroatoms. The third-order valence-electron chi connectivity index (χ3n) is 6.71. The van der Waals surface area contributed by atoms with Crippen LogP contribution in [0.1, 0.15) is 61.7 Å². The number of hydrogen-bond acceptors (Lipinski definition) is 2. The van der Waals surface area contributed by atoms with E-state index in [1.165, 1.54) is 32.1 Å². The van der Waals surface area contributed by atoms with Crippen molar-refractivity contribution in [2.75, 3.05) is 19.6 Å². The Morgan fingerprint density at radius 3 is 2.38 bits per heavy atom. The van der Waals surface area contributed by atoms with Crippen molar-refractivity contribution in [2.24, 2.45) is 11.8 Å². The average molecular weight is 354 g/mol. The molecule has 4 nitrogen and oxygen atoms in total. The Morgan fingerprint density at radius 2 is 1.62 bits per heavy atom. The molecule has 26 heavy (non-hydrogen) atoms. The van der Waals surface area contributed by atoms with Crippen LogP contribution >= 0.6 is 0 Å². The van der Waals surface area contributed by atoms with Crippen molar-refractivity contribution in [3.63, 3.8) is 0 Å². The summed E-state index contributed by atoms with van der Waals surface area (Å²) in [5.74, 6) is 1.43. The Morgan fingerprint density at radius 1 is 0.885 bits per heavy atom. The van der Waals surface area contributed by atoms with Crippen LogP contribution in [-0.4, -0.2) is 47.3 Å². The van der Waals surface area contributed by atoms with E-state index in [-0.39, 0.29) is 5.91 Å². The lowest BCUT2D eigenvalue weighted by Gasteiger charge is -2.37. The Labute approximate surface area is 156 Å². The Bertz CT molecular complexity index is 639. The molecule has 0 N–H and O–H groups in total. The molecule has 140 valence electrons. The minimum atomic E-state index is 0.142. The standard InChI is InChI=1S/C22H30N2O2/c25-21-15-18-11-13-23(22(26)17-7-3-1-4-8-17)16-19(18)12-14-24(21)20-9-5-2-6-10-20/h1,3-4,7-8,18-20H,2,5-6,9-16H2/t18-,19+/m1/s1. The fourth-order valence-electron chi connectivity index (χ4n) is 5.17. The van der Waals surface area contributed by atoms with Crippen molar-refractivity contribution in [3.8, 4) is 0 Å². The van der Waals surface area contributed by atoms with E-state index in [1.54, 1.807) is 0 Å². The van der Waals surface area contributed by atoms with Gasteiger partial charge in [-0.3, -0.25) is 9.59 Å². The molecule has 0 bridgehead atoms. The second kappa shape index (κ2) is 7.81. The van der Waals surface area contributed by atoms with E-state index in [0.717, 1.165) is 38.0 Å². The number of amides is 2. The van der Waals surface area contributed by atoms with Crippen LogP contribution in [0.15, 0.2) is 30.3 Å². The molecule has 2 aliphatic heterocycles. The molecule has 0 spiro atoms. The summed E-state index contributed by atoms with van der Waals surface area (Å²) < 4.78 is 0. The van der Waals surface area contributed by atoms with E-state index >= 15 is 0 Å². The summed E-state index contributed by atoms with van der Waals surface area (Å²) >= 11 is 0. The van der Waals surface area contributed by atoms with Crippen molar-refractivity contribution in [1.82, 2.24) is 9.80 Å². The van der Waals surface area contributed by atoms with Crippen LogP contribution in [0.2, 0.25) is 0 Å². The normalized spacial score (nSPS) is 27.8. The van der Waals surface area contributed by atoms with E-state index in [9.17, 15) is 9.59 Å². The molecule has 4 rings (SSSR count). The van der Waals surface area contributed by atoms with Crippen molar-refractivity contribution < 1.29 is 9.59 Å². The zero-order valence-corrected chi connectivity index (χ0v) is 15.6. The van der Waals surface area contributed by atoms with Crippen LogP contribution < -0.4 is 0 Å². The first-order valence-electron chi connectivity index (χ1n) is 10.4. The number of likely N-dealkylation sites (tertiary alicyclic amines) is 2. The van der Waals surface area contributed by atoms with Crippen molar-refractivity contribution in [1.29, 1.82) is 0 Å². The zero-order chi connectivity index (χ0) is 17.9. The maximum atomic E-state index is 12.9. The molecule has 0 aromatic heterocycles. The summed E-state index contributed by atoms with van der Waals surface area (Å²) in [7, 11) is 0. The maximum Gasteiger partial charge on any atom is 0.253 e. The van der Waals surface area contributed by atoms with E-state index < -0.39 is 0 Å². The summed E-state index contributed by atoms with van der Waals surface area (Å²) in [5, 5.41) is 0. The van der Waals surface area contributed by atoms with Crippen LogP contribution in [0.25, 0.3) is 0 Å². The lowest BCUT2D eigenvalue weighted by molar-refractivity contribution is -0.134. The first kappa shape index (κ1) is 17.6. The van der Waals surface area contributed by atoms with Crippen LogP contribution in [0.3, 0.4) is 0 Å². The molecule has 1 aromatic carbocycles. The molecule has 2 heterocycles. The SMILES string of the molecule is O=C(c1ccccc1)N1CC[C@@H]2CC(=O)N(C3CCCCC3)CC[C@H]2C1. The van der Waals surface area contributed by atoms with Gasteiger partial charge < -0.3 is 9.80 Å². The van der Waals surface area contributed by atoms with Crippen LogP contribution in [0, 0.1) is 11.8 Å². The summed E-state index contributed by atoms with van der Waals surface area (Å²) in [6.45, 7) is 2.48. The molecule has 1 saturated carbocycles. The van der Waals surface area contributed by atoms with Crippen LogP contribution in [-0.2, 0) is 4.79 Å². The number of fused-ring (bicyclic) bond motifs is 1. The third-order valence-corrected chi connectivity index (χ3v) is 6.71. The lowest BCUT2D eigenvalue weighted by atomic mass is 9.82. The van der Waals surface area contributed by atoms with Gasteiger partial charge in [0.05, 0.1) is 0 Å². The molecular formula is C22H30N2O2. The molecule has 1 aromatic rings. The number of hydrogen-bond donors (Lipinski definition) is 0. The van der Waals surface area contributed by atoms with Crippen LogP contribution in [0.4, 0.5) is 0 Å². The van der Waals surface area contributed by atoms with Crippen molar-refractivity contribution in [2.45, 2.75) is 57.4 Å². The second-order valence-corrected chi connectivity index (χ2v) is 8.30. The van der Waals surface area contributed by atoms with Gasteiger partial charge in [-0.25, -0.2) is 0 Å². The van der Waals surface area contributed by atoms with Crippen molar-refractivity contribution in [3.05, 3.63) is 35.9 Å². The maximum absolute atomic E-state index is 12.9. The van der Waals surface area contributed by atoms with E-state index in [4.69, 9.17) is 0 Å². The smallest absolute Gasteiger partial charge is 0.253 e. The summed E-state index contributed by atoms with van der Waals surface area (Å²) in [6.07, 6.45) is 8.91. The van der Waals surface area contributed by atoms with Gasteiger partial charge in [0.1, 0.15) is 0 Å². The predicted octanol–water partition coefficient (Wildman–Crippen LogP) is 3.72. The number of carbonyl (C=O) groups is 2. The van der Waals surface area contributed by atoms with E-state index in [2.05, 4.69) is 4.90 Å². The topological polar surface area (TPSA) is 40.6 Å². The Kier molecular flexibility index (Phi) is 5.28. The molecule has 2 atom stereocenters. The molecule has 1 aliphatic carbocycles. The Hall–Kier alpha value is -1.84. The number of benzene rings is 1. The van der Waals surface area contributed by atoms with Gasteiger partial charge in [0.2, 0.25) is 5.91 Å². The number of piperidine rings is 1. The monoisotopic (exact) mass is 354 g/mol. The largest absolute Gasteiger partial charge is 0.340 e. The number of carbonyl (C=O) groups excluding carboxylic acids is 2. The van der Waals surface area contributed by atoms with Crippen molar-refractivity contribution >= 4 is 11.8 Å². The molecular weight excluding hydrogens is 324 g/mol. The van der Waals surface area contributed by atoms with Gasteiger partial charge in [0, 0.05) is 37.7 Å². The third kappa shape index (κ3) is 3.65. The quantitative estimate of drug-likeness (QED) is 0.812. The molecule has 3 aliphatic rings. The van der Waals surface area contributed by atoms with Gasteiger partial charge in [-0.05, 0) is 49.7 Å². The molecule has 2 saturated heterocycles. The zero-order valence-electron chi connectivity index (χ0n) is 15.6. The molecule has 0 radical (unpaired) electrons. The highest BCUT2D eigenvalue weighted by Crippen LogP contribution is 2.35. The first-order valence-corrected chi connectivity index (χ1v) is 10.4. The average Bonchev–Trinajstić information content (AvgIpc) is 2.86. The fraction of sp³-hybridized carbons (Fsp3) is 0.636. The molecule has 3 fully saturated rings. The minimum absolute atomic E-state index is 0.142. The van der Waals surface area contributed by atoms with Gasteiger partial charge in [-0.15, -0.1) is 0 Å². The second-order valence-electron chi connectivity index (χ2n) is 8.30.